The van der Waals surface area contributed by atoms with E-state index < -0.39 is 27.3 Å². The van der Waals surface area contributed by atoms with Gasteiger partial charge in [-0.2, -0.15) is 18.3 Å². The lowest BCUT2D eigenvalue weighted by Gasteiger charge is -2.14. The van der Waals surface area contributed by atoms with Crippen LogP contribution in [0.15, 0.2) is 53.6 Å². The number of rotatable bonds is 5. The number of hydrogen-bond acceptors (Lipinski definition) is 6. The molecule has 0 aliphatic heterocycles. The first kappa shape index (κ1) is 26.3. The van der Waals surface area contributed by atoms with Crippen LogP contribution in [0.4, 0.5) is 13.2 Å². The van der Waals surface area contributed by atoms with Crippen molar-refractivity contribution in [2.45, 2.75) is 37.4 Å². The second kappa shape index (κ2) is 8.98. The predicted molar refractivity (Wildman–Crippen MR) is 133 cm³/mol. The average molecular weight is 556 g/mol. The topological polar surface area (TPSA) is 85.1 Å². The molecule has 0 amide bonds. The number of benzene rings is 1. The second-order valence-electron chi connectivity index (χ2n) is 8.77. The van der Waals surface area contributed by atoms with E-state index >= 15 is 0 Å². The monoisotopic (exact) mass is 555 g/mol. The molecule has 36 heavy (non-hydrogen) atoms. The highest BCUT2D eigenvalue weighted by Crippen LogP contribution is 2.45. The third-order valence-electron chi connectivity index (χ3n) is 5.37. The number of pyridine rings is 1. The molecule has 0 aliphatic carbocycles. The Morgan fingerprint density at radius 3 is 2.39 bits per heavy atom. The van der Waals surface area contributed by atoms with E-state index in [9.17, 15) is 26.7 Å². The summed E-state index contributed by atoms with van der Waals surface area (Å²) in [5, 5.41) is 14.9. The fraction of sp³-hybridized carbons (Fsp3) is 0.250. The molecule has 0 aliphatic rings. The molecule has 0 saturated heterocycles. The first-order chi connectivity index (χ1) is 16.6. The molecule has 0 atom stereocenters. The summed E-state index contributed by atoms with van der Waals surface area (Å²) < 4.78 is 66.5. The van der Waals surface area contributed by atoms with Crippen molar-refractivity contribution in [2.24, 2.45) is 0 Å². The fourth-order valence-corrected chi connectivity index (χ4v) is 6.06. The van der Waals surface area contributed by atoms with Gasteiger partial charge in [0.2, 0.25) is 0 Å². The minimum atomic E-state index is -4.76. The molecule has 0 saturated carbocycles. The Labute approximate surface area is 214 Å². The first-order valence-electron chi connectivity index (χ1n) is 10.5. The average Bonchev–Trinajstić information content (AvgIpc) is 3.32. The molecule has 4 rings (SSSR count). The summed E-state index contributed by atoms with van der Waals surface area (Å²) in [4.78, 5) is 4.87. The van der Waals surface area contributed by atoms with Gasteiger partial charge in [-0.1, -0.05) is 23.7 Å². The van der Waals surface area contributed by atoms with Gasteiger partial charge >= 0.3 is 6.18 Å². The molecule has 0 spiro atoms. The van der Waals surface area contributed by atoms with Gasteiger partial charge in [0, 0.05) is 17.3 Å². The van der Waals surface area contributed by atoms with Gasteiger partial charge in [0.1, 0.15) is 17.0 Å². The smallest absolute Gasteiger partial charge is 0.384 e. The summed E-state index contributed by atoms with van der Waals surface area (Å²) in [6.07, 6.45) is -2.61. The van der Waals surface area contributed by atoms with Crippen LogP contribution in [0, 0.1) is 6.92 Å². The lowest BCUT2D eigenvalue weighted by molar-refractivity contribution is -0.141. The van der Waals surface area contributed by atoms with E-state index in [1.807, 2.05) is 0 Å². The normalized spacial score (nSPS) is 12.8. The molecule has 0 radical (unpaired) electrons. The van der Waals surface area contributed by atoms with Gasteiger partial charge in [0.25, 0.3) is 0 Å². The van der Waals surface area contributed by atoms with Crippen molar-refractivity contribution in [1.82, 2.24) is 14.8 Å². The molecule has 3 heterocycles. The zero-order valence-corrected chi connectivity index (χ0v) is 21.9. The fourth-order valence-electron chi connectivity index (χ4n) is 3.69. The van der Waals surface area contributed by atoms with E-state index in [1.165, 1.54) is 49.4 Å². The molecule has 0 unspecified atom stereocenters. The van der Waals surface area contributed by atoms with Crippen molar-refractivity contribution in [3.63, 3.8) is 0 Å². The minimum Gasteiger partial charge on any atom is -0.384 e. The quantitative estimate of drug-likeness (QED) is 0.313. The molecule has 12 heteroatoms. The highest BCUT2D eigenvalue weighted by atomic mass is 35.5. The molecule has 1 N–H and O–H groups in total. The van der Waals surface area contributed by atoms with Crippen LogP contribution in [0.25, 0.3) is 26.7 Å². The maximum Gasteiger partial charge on any atom is 0.435 e. The minimum absolute atomic E-state index is 0.000800. The van der Waals surface area contributed by atoms with E-state index in [4.69, 9.17) is 11.6 Å². The maximum atomic E-state index is 13.8. The van der Waals surface area contributed by atoms with Crippen LogP contribution >= 0.6 is 22.9 Å². The number of sulfone groups is 1. The van der Waals surface area contributed by atoms with Crippen molar-refractivity contribution >= 4 is 32.8 Å². The Morgan fingerprint density at radius 2 is 1.78 bits per heavy atom. The van der Waals surface area contributed by atoms with E-state index in [2.05, 4.69) is 10.1 Å². The van der Waals surface area contributed by atoms with Crippen LogP contribution in [0.2, 0.25) is 5.02 Å². The lowest BCUT2D eigenvalue weighted by Crippen LogP contribution is -2.18. The van der Waals surface area contributed by atoms with E-state index in [-0.39, 0.29) is 27.0 Å². The number of thiophene rings is 1. The molecule has 3 aromatic heterocycles. The van der Waals surface area contributed by atoms with Gasteiger partial charge in [-0.25, -0.2) is 18.1 Å². The van der Waals surface area contributed by atoms with E-state index in [1.54, 1.807) is 25.1 Å². The largest absolute Gasteiger partial charge is 0.435 e. The number of aryl methyl sites for hydroxylation is 1. The Balaban J connectivity index is 1.99. The van der Waals surface area contributed by atoms with Gasteiger partial charge in [0.15, 0.2) is 15.5 Å². The number of hydrogen-bond donors (Lipinski definition) is 1. The highest BCUT2D eigenvalue weighted by molar-refractivity contribution is 7.90. The van der Waals surface area contributed by atoms with Crippen molar-refractivity contribution in [2.75, 3.05) is 6.26 Å². The van der Waals surface area contributed by atoms with Crippen LogP contribution < -0.4 is 0 Å². The third-order valence-corrected chi connectivity index (χ3v) is 8.13. The SMILES string of the molecule is Cc1cc(-c2cccc(S(C)(=O)=O)c2)sc1-c1c(Cl)c(C(C)(C)O)nn1-c1cccnc1C(F)(F)F. The maximum absolute atomic E-state index is 13.8. The molecule has 6 nitrogen and oxygen atoms in total. The highest BCUT2D eigenvalue weighted by Gasteiger charge is 2.38. The lowest BCUT2D eigenvalue weighted by atomic mass is 10.0. The number of halogens is 4. The van der Waals surface area contributed by atoms with E-state index in [0.29, 0.717) is 20.9 Å². The Hall–Kier alpha value is -2.73. The zero-order valence-electron chi connectivity index (χ0n) is 19.6. The Bertz CT molecular complexity index is 1570. The summed E-state index contributed by atoms with van der Waals surface area (Å²) in [7, 11) is -3.44. The van der Waals surface area contributed by atoms with Gasteiger partial charge in [-0.3, -0.25) is 0 Å². The number of alkyl halides is 3. The summed E-state index contributed by atoms with van der Waals surface area (Å²) in [5.41, 5.74) is -1.56. The second-order valence-corrected chi connectivity index (χ2v) is 12.2. The summed E-state index contributed by atoms with van der Waals surface area (Å²) in [6.45, 7) is 4.64. The zero-order chi connectivity index (χ0) is 26.6. The van der Waals surface area contributed by atoms with Crippen LogP contribution in [0.5, 0.6) is 0 Å². The predicted octanol–water partition coefficient (Wildman–Crippen LogP) is 6.27. The first-order valence-corrected chi connectivity index (χ1v) is 13.6. The molecular formula is C24H21ClF3N3O3S2. The number of aliphatic hydroxyl groups is 1. The van der Waals surface area contributed by atoms with Crippen LogP contribution in [-0.2, 0) is 21.6 Å². The van der Waals surface area contributed by atoms with Crippen LogP contribution in [0.1, 0.15) is 30.8 Å². The molecule has 190 valence electrons. The standard InChI is InChI=1S/C24H21ClF3N3O3S2/c1-13-11-17(14-7-5-8-15(12-14)36(4,33)34)35-20(13)19-18(25)22(23(2,3)32)30-31(19)16-9-6-10-29-21(16)24(26,27)28/h5-12,32H,1-4H3. The Kier molecular flexibility index (Phi) is 6.57. The summed E-state index contributed by atoms with van der Waals surface area (Å²) in [5.74, 6) is 0. The van der Waals surface area contributed by atoms with Crippen molar-refractivity contribution in [1.29, 1.82) is 0 Å². The van der Waals surface area contributed by atoms with Gasteiger partial charge in [-0.05, 0) is 62.2 Å². The van der Waals surface area contributed by atoms with Crippen LogP contribution in [-0.4, -0.2) is 34.5 Å². The van der Waals surface area contributed by atoms with E-state index in [0.717, 1.165) is 17.1 Å². The van der Waals surface area contributed by atoms with Gasteiger partial charge < -0.3 is 5.11 Å². The van der Waals surface area contributed by atoms with Gasteiger partial charge in [0.05, 0.1) is 20.5 Å². The molecule has 4 aromatic rings. The van der Waals surface area contributed by atoms with Crippen molar-refractivity contribution in [3.05, 3.63) is 70.6 Å². The van der Waals surface area contributed by atoms with Gasteiger partial charge in [-0.15, -0.1) is 11.3 Å². The molecule has 0 bridgehead atoms. The molecule has 0 fully saturated rings. The Morgan fingerprint density at radius 1 is 1.08 bits per heavy atom. The number of nitrogens with zero attached hydrogens (tertiary/aromatic N) is 3. The van der Waals surface area contributed by atoms with Crippen LogP contribution in [0.3, 0.4) is 0 Å². The van der Waals surface area contributed by atoms with Crippen molar-refractivity contribution in [3.8, 4) is 26.7 Å². The summed E-state index contributed by atoms with van der Waals surface area (Å²) >= 11 is 7.88. The third kappa shape index (κ3) is 4.93. The summed E-state index contributed by atoms with van der Waals surface area (Å²) in [6, 6.07) is 10.8. The molecule has 1 aromatic carbocycles. The number of aromatic nitrogens is 3. The van der Waals surface area contributed by atoms with Crippen molar-refractivity contribution < 1.29 is 26.7 Å². The molecular weight excluding hydrogens is 535 g/mol.